The van der Waals surface area contributed by atoms with E-state index >= 15 is 0 Å². The van der Waals surface area contributed by atoms with E-state index in [2.05, 4.69) is 15.4 Å². The van der Waals surface area contributed by atoms with Gasteiger partial charge < -0.3 is 15.4 Å². The van der Waals surface area contributed by atoms with Crippen molar-refractivity contribution in [1.82, 2.24) is 5.32 Å². The lowest BCUT2D eigenvalue weighted by atomic mass is 9.94. The summed E-state index contributed by atoms with van der Waals surface area (Å²) in [5, 5.41) is 4.92. The van der Waals surface area contributed by atoms with E-state index in [1.54, 1.807) is 0 Å². The average Bonchev–Trinajstić information content (AvgIpc) is 2.81. The van der Waals surface area contributed by atoms with Crippen LogP contribution in [-0.4, -0.2) is 39.9 Å². The molecule has 3 rings (SSSR count). The molecule has 38 heavy (non-hydrogen) atoms. The Morgan fingerprint density at radius 3 is 2.11 bits per heavy atom. The lowest BCUT2D eigenvalue weighted by Crippen LogP contribution is -2.28. The third kappa shape index (κ3) is 7.40. The van der Waals surface area contributed by atoms with Gasteiger partial charge in [-0.05, 0) is 35.9 Å². The molecule has 3 aromatic rings. The number of hydrogen-bond acceptors (Lipinski definition) is 5. The first-order chi connectivity index (χ1) is 17.7. The van der Waals surface area contributed by atoms with Gasteiger partial charge in [0, 0.05) is 36.5 Å². The van der Waals surface area contributed by atoms with Crippen LogP contribution in [0.1, 0.15) is 17.9 Å². The molecule has 0 aliphatic rings. The summed E-state index contributed by atoms with van der Waals surface area (Å²) in [4.78, 5) is 25.3. The van der Waals surface area contributed by atoms with E-state index < -0.39 is 39.7 Å². The number of hydrogen-bond donors (Lipinski definition) is 2. The Bertz CT molecular complexity index is 1440. The topological polar surface area (TPSA) is 102 Å². The van der Waals surface area contributed by atoms with Crippen LogP contribution >= 0.6 is 23.2 Å². The van der Waals surface area contributed by atoms with Gasteiger partial charge in [-0.3, -0.25) is 9.59 Å². The zero-order valence-corrected chi connectivity index (χ0v) is 22.2. The van der Waals surface area contributed by atoms with Gasteiger partial charge in [-0.1, -0.05) is 53.5 Å². The summed E-state index contributed by atoms with van der Waals surface area (Å²) in [5.74, 6) is -2.59. The first kappa shape index (κ1) is 29.3. The van der Waals surface area contributed by atoms with Gasteiger partial charge in [0.05, 0.1) is 20.9 Å². The lowest BCUT2D eigenvalue weighted by Gasteiger charge is -2.19. The van der Waals surface area contributed by atoms with E-state index in [0.717, 1.165) is 12.3 Å². The highest BCUT2D eigenvalue weighted by Crippen LogP contribution is 2.43. The fourth-order valence-electron chi connectivity index (χ4n) is 3.62. The van der Waals surface area contributed by atoms with Gasteiger partial charge in [0.25, 0.3) is 0 Å². The SMILES string of the molecule is CNC(=O)CC(C(=O)Nc1cc(Cl)c(-c2ccccc2OC(F)(F)F)c(Cl)c1)c1ccc(S(C)(=O)=O)cc1. The predicted octanol–water partition coefficient (Wildman–Crippen LogP) is 5.82. The van der Waals surface area contributed by atoms with Gasteiger partial charge in [0.15, 0.2) is 9.84 Å². The van der Waals surface area contributed by atoms with Gasteiger partial charge in [-0.15, -0.1) is 13.2 Å². The van der Waals surface area contributed by atoms with E-state index in [0.29, 0.717) is 5.56 Å². The summed E-state index contributed by atoms with van der Waals surface area (Å²) in [6.45, 7) is 0. The Kier molecular flexibility index (Phi) is 8.96. The second-order valence-corrected chi connectivity index (χ2v) is 10.9. The van der Waals surface area contributed by atoms with Crippen LogP contribution in [0, 0.1) is 0 Å². The predicted molar refractivity (Wildman–Crippen MR) is 138 cm³/mol. The summed E-state index contributed by atoms with van der Waals surface area (Å²) >= 11 is 12.7. The summed E-state index contributed by atoms with van der Waals surface area (Å²) in [5.41, 5.74) is 0.550. The molecular weight excluding hydrogens is 568 g/mol. The first-order valence-electron chi connectivity index (χ1n) is 10.8. The fourth-order valence-corrected chi connectivity index (χ4v) is 4.94. The molecule has 0 bridgehead atoms. The molecule has 0 aliphatic carbocycles. The molecule has 1 unspecified atom stereocenters. The Balaban J connectivity index is 1.94. The fraction of sp³-hybridized carbons (Fsp3) is 0.200. The smallest absolute Gasteiger partial charge is 0.405 e. The minimum absolute atomic E-state index is 0.0128. The molecule has 2 amide bonds. The lowest BCUT2D eigenvalue weighted by molar-refractivity contribution is -0.274. The number of benzene rings is 3. The van der Waals surface area contributed by atoms with Crippen molar-refractivity contribution in [2.45, 2.75) is 23.6 Å². The van der Waals surface area contributed by atoms with Crippen LogP contribution in [0.15, 0.2) is 65.6 Å². The monoisotopic (exact) mass is 588 g/mol. The average molecular weight is 589 g/mol. The summed E-state index contributed by atoms with van der Waals surface area (Å²) < 4.78 is 66.2. The minimum Gasteiger partial charge on any atom is -0.405 e. The quantitative estimate of drug-likeness (QED) is 0.345. The first-order valence-corrected chi connectivity index (χ1v) is 13.5. The highest BCUT2D eigenvalue weighted by atomic mass is 35.5. The molecule has 13 heteroatoms. The van der Waals surface area contributed by atoms with Crippen molar-refractivity contribution in [3.8, 4) is 16.9 Å². The third-order valence-corrected chi connectivity index (χ3v) is 7.11. The van der Waals surface area contributed by atoms with Crippen molar-refractivity contribution in [1.29, 1.82) is 0 Å². The zero-order valence-electron chi connectivity index (χ0n) is 19.9. The second kappa shape index (κ2) is 11.6. The number of nitrogens with one attached hydrogen (secondary N) is 2. The Hall–Kier alpha value is -3.28. The molecular formula is C25H21Cl2F3N2O5S. The number of halogens is 5. The van der Waals surface area contributed by atoms with E-state index in [4.69, 9.17) is 23.2 Å². The summed E-state index contributed by atoms with van der Waals surface area (Å²) in [6, 6.07) is 13.4. The van der Waals surface area contributed by atoms with Crippen LogP contribution in [0.2, 0.25) is 10.0 Å². The molecule has 0 aliphatic heterocycles. The zero-order chi connectivity index (χ0) is 28.3. The van der Waals surface area contributed by atoms with Crippen LogP contribution in [0.3, 0.4) is 0 Å². The van der Waals surface area contributed by atoms with Crippen LogP contribution in [0.25, 0.3) is 11.1 Å². The number of para-hydroxylation sites is 1. The number of alkyl halides is 3. The molecule has 0 saturated carbocycles. The summed E-state index contributed by atoms with van der Waals surface area (Å²) in [6.07, 6.45) is -4.15. The Morgan fingerprint density at radius 2 is 1.58 bits per heavy atom. The molecule has 0 radical (unpaired) electrons. The largest absolute Gasteiger partial charge is 0.573 e. The molecule has 0 aromatic heterocycles. The van der Waals surface area contributed by atoms with Gasteiger partial charge >= 0.3 is 6.36 Å². The number of ether oxygens (including phenoxy) is 1. The number of carbonyl (C=O) groups is 2. The maximum absolute atomic E-state index is 13.2. The minimum atomic E-state index is -4.94. The molecule has 0 heterocycles. The van der Waals surface area contributed by atoms with E-state index in [-0.39, 0.29) is 38.2 Å². The standard InChI is InChI=1S/C25H21Cl2F3N2O5S/c1-31-22(33)13-18(14-7-9-16(10-8-14)38(2,35)36)24(34)32-15-11-19(26)23(20(27)12-15)17-5-3-4-6-21(17)37-25(28,29)30/h3-12,18H,13H2,1-2H3,(H,31,33)(H,32,34). The van der Waals surface area contributed by atoms with Gasteiger partial charge in [0.2, 0.25) is 11.8 Å². The van der Waals surface area contributed by atoms with Crippen LogP contribution in [0.5, 0.6) is 5.75 Å². The Labute approximate surface area is 226 Å². The number of rotatable bonds is 8. The van der Waals surface area contributed by atoms with E-state index in [1.165, 1.54) is 61.6 Å². The van der Waals surface area contributed by atoms with Crippen LogP contribution in [-0.2, 0) is 19.4 Å². The van der Waals surface area contributed by atoms with Crippen molar-refractivity contribution >= 4 is 50.5 Å². The molecule has 0 fully saturated rings. The van der Waals surface area contributed by atoms with Gasteiger partial charge in [-0.25, -0.2) is 8.42 Å². The van der Waals surface area contributed by atoms with Crippen molar-refractivity contribution in [3.05, 3.63) is 76.3 Å². The van der Waals surface area contributed by atoms with E-state index in [9.17, 15) is 31.2 Å². The highest BCUT2D eigenvalue weighted by Gasteiger charge is 2.33. The highest BCUT2D eigenvalue weighted by molar-refractivity contribution is 7.90. The molecule has 0 spiro atoms. The van der Waals surface area contributed by atoms with Crippen molar-refractivity contribution in [2.75, 3.05) is 18.6 Å². The number of amides is 2. The van der Waals surface area contributed by atoms with Crippen molar-refractivity contribution in [3.63, 3.8) is 0 Å². The normalized spacial score (nSPS) is 12.5. The number of carbonyl (C=O) groups excluding carboxylic acids is 2. The third-order valence-electron chi connectivity index (χ3n) is 5.39. The van der Waals surface area contributed by atoms with E-state index in [1.807, 2.05) is 0 Å². The molecule has 7 nitrogen and oxygen atoms in total. The van der Waals surface area contributed by atoms with Crippen LogP contribution in [0.4, 0.5) is 18.9 Å². The molecule has 1 atom stereocenters. The Morgan fingerprint density at radius 1 is 1.00 bits per heavy atom. The molecule has 202 valence electrons. The molecule has 2 N–H and O–H groups in total. The van der Waals surface area contributed by atoms with Crippen molar-refractivity contribution in [2.24, 2.45) is 0 Å². The number of sulfone groups is 1. The molecule has 0 saturated heterocycles. The van der Waals surface area contributed by atoms with Crippen molar-refractivity contribution < 1.29 is 35.9 Å². The molecule has 3 aromatic carbocycles. The van der Waals surface area contributed by atoms with Crippen LogP contribution < -0.4 is 15.4 Å². The second-order valence-electron chi connectivity index (χ2n) is 8.12. The van der Waals surface area contributed by atoms with Gasteiger partial charge in [-0.2, -0.15) is 0 Å². The maximum atomic E-state index is 13.2. The summed E-state index contributed by atoms with van der Waals surface area (Å²) in [7, 11) is -2.07. The number of anilines is 1. The maximum Gasteiger partial charge on any atom is 0.573 e. The van der Waals surface area contributed by atoms with Gasteiger partial charge in [0.1, 0.15) is 5.75 Å².